The predicted molar refractivity (Wildman–Crippen MR) is 101 cm³/mol. The fourth-order valence-electron chi connectivity index (χ4n) is 3.47. The van der Waals surface area contributed by atoms with Crippen LogP contribution in [0.25, 0.3) is 0 Å². The van der Waals surface area contributed by atoms with E-state index in [2.05, 4.69) is 16.0 Å². The van der Waals surface area contributed by atoms with E-state index in [4.69, 9.17) is 0 Å². The van der Waals surface area contributed by atoms with Crippen LogP contribution in [-0.2, 0) is 0 Å². The number of benzene rings is 1. The van der Waals surface area contributed by atoms with E-state index in [9.17, 15) is 9.59 Å². The molecule has 2 bridgehead atoms. The van der Waals surface area contributed by atoms with Gasteiger partial charge in [-0.2, -0.15) is 0 Å². The Hall–Kier alpha value is -1.79. The molecule has 2 fully saturated rings. The highest BCUT2D eigenvalue weighted by atomic mass is 35.5. The van der Waals surface area contributed by atoms with E-state index in [-0.39, 0.29) is 30.4 Å². The van der Waals surface area contributed by atoms with Crippen molar-refractivity contribution in [2.75, 3.05) is 18.4 Å². The summed E-state index contributed by atoms with van der Waals surface area (Å²) in [7, 11) is 0. The van der Waals surface area contributed by atoms with Crippen LogP contribution in [0.4, 0.5) is 10.5 Å². The minimum Gasteiger partial charge on any atom is -0.337 e. The van der Waals surface area contributed by atoms with Gasteiger partial charge in [-0.3, -0.25) is 4.79 Å². The zero-order valence-corrected chi connectivity index (χ0v) is 15.6. The second-order valence-corrected chi connectivity index (χ2v) is 7.01. The normalized spacial score (nSPS) is 22.1. The Morgan fingerprint density at radius 2 is 1.96 bits per heavy atom. The molecule has 6 nitrogen and oxygen atoms in total. The quantitative estimate of drug-likeness (QED) is 0.769. The van der Waals surface area contributed by atoms with E-state index in [1.807, 2.05) is 24.8 Å². The molecule has 3 amide bonds. The fraction of sp³-hybridized carbons (Fsp3) is 0.556. The van der Waals surface area contributed by atoms with Crippen LogP contribution >= 0.6 is 12.4 Å². The Balaban J connectivity index is 0.00000225. The molecule has 3 rings (SSSR count). The minimum atomic E-state index is -0.258. The van der Waals surface area contributed by atoms with Gasteiger partial charge in [0.05, 0.1) is 0 Å². The van der Waals surface area contributed by atoms with Gasteiger partial charge in [0, 0.05) is 42.5 Å². The molecule has 2 aliphatic rings. The highest BCUT2D eigenvalue weighted by Crippen LogP contribution is 2.22. The zero-order valence-electron chi connectivity index (χ0n) is 14.7. The van der Waals surface area contributed by atoms with Crippen molar-refractivity contribution >= 4 is 30.0 Å². The molecule has 138 valence electrons. The molecule has 0 aliphatic carbocycles. The summed E-state index contributed by atoms with van der Waals surface area (Å²) in [5, 5.41) is 9.14. The van der Waals surface area contributed by atoms with Crippen LogP contribution in [0.15, 0.2) is 24.3 Å². The van der Waals surface area contributed by atoms with Crippen LogP contribution in [0.1, 0.15) is 43.5 Å². The molecule has 7 heteroatoms. The summed E-state index contributed by atoms with van der Waals surface area (Å²) in [4.78, 5) is 26.6. The molecule has 2 saturated heterocycles. The number of carbonyl (C=O) groups is 2. The summed E-state index contributed by atoms with van der Waals surface area (Å²) < 4.78 is 0. The lowest BCUT2D eigenvalue weighted by Gasteiger charge is -2.24. The number of nitrogens with one attached hydrogen (secondary N) is 3. The summed E-state index contributed by atoms with van der Waals surface area (Å²) >= 11 is 0. The summed E-state index contributed by atoms with van der Waals surface area (Å²) in [5.74, 6) is 0.0391. The van der Waals surface area contributed by atoms with E-state index in [1.165, 1.54) is 6.42 Å². The van der Waals surface area contributed by atoms with Crippen molar-refractivity contribution in [1.29, 1.82) is 0 Å². The molecule has 2 aliphatic heterocycles. The van der Waals surface area contributed by atoms with Crippen molar-refractivity contribution in [2.24, 2.45) is 0 Å². The molecule has 1 aromatic carbocycles. The Morgan fingerprint density at radius 1 is 1.20 bits per heavy atom. The third-order valence-corrected chi connectivity index (χ3v) is 4.60. The van der Waals surface area contributed by atoms with Gasteiger partial charge in [0.15, 0.2) is 0 Å². The van der Waals surface area contributed by atoms with E-state index < -0.39 is 0 Å². The first-order valence-electron chi connectivity index (χ1n) is 8.74. The molecule has 2 unspecified atom stereocenters. The Labute approximate surface area is 155 Å². The number of carbonyl (C=O) groups excluding carboxylic acids is 2. The van der Waals surface area contributed by atoms with Crippen LogP contribution in [0.2, 0.25) is 0 Å². The zero-order chi connectivity index (χ0) is 17.1. The van der Waals surface area contributed by atoms with Crippen LogP contribution < -0.4 is 16.0 Å². The highest BCUT2D eigenvalue weighted by molar-refractivity contribution is 5.97. The average molecular weight is 367 g/mol. The van der Waals surface area contributed by atoms with E-state index in [1.54, 1.807) is 18.2 Å². The number of hydrogen-bond acceptors (Lipinski definition) is 3. The maximum absolute atomic E-state index is 12.8. The Bertz CT molecular complexity index is 623. The first kappa shape index (κ1) is 19.5. The number of nitrogens with zero attached hydrogens (tertiary/aromatic N) is 1. The predicted octanol–water partition coefficient (Wildman–Crippen LogP) is 2.60. The number of fused-ring (bicyclic) bond motifs is 2. The second kappa shape index (κ2) is 8.54. The lowest BCUT2D eigenvalue weighted by atomic mass is 10.1. The summed E-state index contributed by atoms with van der Waals surface area (Å²) in [6.45, 7) is 5.36. The number of urea groups is 1. The lowest BCUT2D eigenvalue weighted by molar-refractivity contribution is 0.0748. The Kier molecular flexibility index (Phi) is 6.67. The summed E-state index contributed by atoms with van der Waals surface area (Å²) in [6, 6.07) is 7.94. The first-order chi connectivity index (χ1) is 11.5. The largest absolute Gasteiger partial charge is 0.337 e. The summed E-state index contributed by atoms with van der Waals surface area (Å²) in [5.41, 5.74) is 1.25. The number of halogens is 1. The van der Waals surface area contributed by atoms with Gasteiger partial charge in [-0.25, -0.2) is 4.79 Å². The molecule has 0 radical (unpaired) electrons. The Morgan fingerprint density at radius 3 is 2.72 bits per heavy atom. The number of hydrogen-bond donors (Lipinski definition) is 3. The smallest absolute Gasteiger partial charge is 0.319 e. The molecular weight excluding hydrogens is 340 g/mol. The van der Waals surface area contributed by atoms with Crippen LogP contribution in [-0.4, -0.2) is 48.1 Å². The topological polar surface area (TPSA) is 73.5 Å². The molecular formula is C18H27ClN4O2. The van der Waals surface area contributed by atoms with Gasteiger partial charge < -0.3 is 20.9 Å². The second-order valence-electron chi connectivity index (χ2n) is 7.01. The number of rotatable bonds is 3. The van der Waals surface area contributed by atoms with Crippen molar-refractivity contribution in [2.45, 2.75) is 51.2 Å². The van der Waals surface area contributed by atoms with Crippen molar-refractivity contribution in [3.63, 3.8) is 0 Å². The maximum atomic E-state index is 12.8. The van der Waals surface area contributed by atoms with Gasteiger partial charge in [-0.05, 0) is 51.3 Å². The molecule has 1 aromatic rings. The van der Waals surface area contributed by atoms with Crippen molar-refractivity contribution in [3.05, 3.63) is 29.8 Å². The number of anilines is 1. The highest BCUT2D eigenvalue weighted by Gasteiger charge is 2.31. The monoisotopic (exact) mass is 366 g/mol. The molecule has 2 atom stereocenters. The molecule has 0 aromatic heterocycles. The average Bonchev–Trinajstić information content (AvgIpc) is 2.85. The van der Waals surface area contributed by atoms with Gasteiger partial charge >= 0.3 is 6.03 Å². The lowest BCUT2D eigenvalue weighted by Crippen LogP contribution is -2.39. The first-order valence-corrected chi connectivity index (χ1v) is 8.74. The molecule has 3 N–H and O–H groups in total. The van der Waals surface area contributed by atoms with Gasteiger partial charge in [0.2, 0.25) is 0 Å². The SMILES string of the molecule is CC(C)NC(=O)Nc1cccc(C(=O)N2CCC3CCC(C2)N3)c1.Cl. The van der Waals surface area contributed by atoms with Gasteiger partial charge in [0.1, 0.15) is 0 Å². The minimum absolute atomic E-state index is 0. The van der Waals surface area contributed by atoms with Gasteiger partial charge in [0.25, 0.3) is 5.91 Å². The third-order valence-electron chi connectivity index (χ3n) is 4.60. The van der Waals surface area contributed by atoms with Gasteiger partial charge in [-0.1, -0.05) is 6.07 Å². The third kappa shape index (κ3) is 5.09. The fourth-order valence-corrected chi connectivity index (χ4v) is 3.47. The van der Waals surface area contributed by atoms with Crippen LogP contribution in [0, 0.1) is 0 Å². The van der Waals surface area contributed by atoms with E-state index in [0.717, 1.165) is 25.9 Å². The van der Waals surface area contributed by atoms with E-state index in [0.29, 0.717) is 23.3 Å². The standard InChI is InChI=1S/C18H26N4O2.ClH/c1-12(2)19-18(24)21-15-5-3-4-13(10-15)17(23)22-9-8-14-6-7-16(11-22)20-14;/h3-5,10,12,14,16,20H,6-9,11H2,1-2H3,(H2,19,21,24);1H. The summed E-state index contributed by atoms with van der Waals surface area (Å²) in [6.07, 6.45) is 3.37. The molecule has 0 spiro atoms. The maximum Gasteiger partial charge on any atom is 0.319 e. The van der Waals surface area contributed by atoms with Crippen molar-refractivity contribution in [1.82, 2.24) is 15.5 Å². The van der Waals surface area contributed by atoms with Crippen molar-refractivity contribution < 1.29 is 9.59 Å². The van der Waals surface area contributed by atoms with Crippen molar-refractivity contribution in [3.8, 4) is 0 Å². The number of likely N-dealkylation sites (tertiary alicyclic amines) is 1. The molecule has 0 saturated carbocycles. The van der Waals surface area contributed by atoms with E-state index >= 15 is 0 Å². The van der Waals surface area contributed by atoms with Crippen LogP contribution in [0.5, 0.6) is 0 Å². The number of amides is 3. The molecule has 2 heterocycles. The van der Waals surface area contributed by atoms with Crippen LogP contribution in [0.3, 0.4) is 0 Å². The van der Waals surface area contributed by atoms with Gasteiger partial charge in [-0.15, -0.1) is 12.4 Å². The molecule has 25 heavy (non-hydrogen) atoms.